The Bertz CT molecular complexity index is 1240. The van der Waals surface area contributed by atoms with Gasteiger partial charge in [-0.05, 0) is 47.5 Å². The molecule has 3 aromatic rings. The molecule has 0 saturated carbocycles. The topological polar surface area (TPSA) is 106 Å². The maximum atomic E-state index is 9.28. The van der Waals surface area contributed by atoms with E-state index in [2.05, 4.69) is 16.0 Å². The van der Waals surface area contributed by atoms with Gasteiger partial charge in [-0.3, -0.25) is 0 Å². The highest BCUT2D eigenvalue weighted by Crippen LogP contribution is 2.17. The first-order valence-electron chi connectivity index (χ1n) is 8.89. The standard InChI is InChI=1S/C24H15N5O/c1-30-20-10-6-18(7-11-20)9-13-22-21(28-23(15-26)24(16-27)29-22)12-8-17-2-4-19(14-25)5-3-17/h2-13H,1H3/b12-8+,13-9+. The van der Waals surface area contributed by atoms with Gasteiger partial charge in [0.2, 0.25) is 0 Å². The summed E-state index contributed by atoms with van der Waals surface area (Å²) in [5.74, 6) is 0.753. The minimum Gasteiger partial charge on any atom is -0.497 e. The molecule has 6 nitrogen and oxygen atoms in total. The van der Waals surface area contributed by atoms with E-state index in [-0.39, 0.29) is 11.4 Å². The summed E-state index contributed by atoms with van der Waals surface area (Å²) < 4.78 is 5.16. The molecule has 0 radical (unpaired) electrons. The van der Waals surface area contributed by atoms with Gasteiger partial charge >= 0.3 is 0 Å². The summed E-state index contributed by atoms with van der Waals surface area (Å²) in [5, 5.41) is 27.5. The zero-order valence-electron chi connectivity index (χ0n) is 16.1. The van der Waals surface area contributed by atoms with E-state index in [1.165, 1.54) is 0 Å². The summed E-state index contributed by atoms with van der Waals surface area (Å²) in [6.07, 6.45) is 7.12. The van der Waals surface area contributed by atoms with Crippen LogP contribution in [0.1, 0.15) is 39.5 Å². The van der Waals surface area contributed by atoms with Crippen molar-refractivity contribution in [1.29, 1.82) is 15.8 Å². The molecular formula is C24H15N5O. The maximum Gasteiger partial charge on any atom is 0.177 e. The molecule has 0 aliphatic heterocycles. The fraction of sp³-hybridized carbons (Fsp3) is 0.0417. The number of rotatable bonds is 5. The fourth-order valence-electron chi connectivity index (χ4n) is 2.60. The molecule has 0 saturated heterocycles. The number of nitriles is 3. The van der Waals surface area contributed by atoms with Gasteiger partial charge in [0, 0.05) is 0 Å². The summed E-state index contributed by atoms with van der Waals surface area (Å²) >= 11 is 0. The molecule has 0 amide bonds. The minimum absolute atomic E-state index is 0.0256. The molecule has 0 bridgehead atoms. The van der Waals surface area contributed by atoms with Crippen LogP contribution in [0.4, 0.5) is 0 Å². The second-order valence-electron chi connectivity index (χ2n) is 6.09. The first-order chi connectivity index (χ1) is 14.7. The van der Waals surface area contributed by atoms with Gasteiger partial charge in [-0.15, -0.1) is 0 Å². The number of aromatic nitrogens is 2. The molecule has 0 fully saturated rings. The van der Waals surface area contributed by atoms with Gasteiger partial charge in [0.1, 0.15) is 17.9 Å². The van der Waals surface area contributed by atoms with E-state index in [1.807, 2.05) is 60.7 Å². The van der Waals surface area contributed by atoms with Crippen LogP contribution >= 0.6 is 0 Å². The highest BCUT2D eigenvalue weighted by molar-refractivity contribution is 5.77. The second kappa shape index (κ2) is 9.46. The number of hydrogen-bond acceptors (Lipinski definition) is 6. The lowest BCUT2D eigenvalue weighted by Gasteiger charge is -2.03. The lowest BCUT2D eigenvalue weighted by Crippen LogP contribution is -2.00. The van der Waals surface area contributed by atoms with E-state index < -0.39 is 0 Å². The van der Waals surface area contributed by atoms with Gasteiger partial charge in [0.25, 0.3) is 0 Å². The third-order valence-corrected chi connectivity index (χ3v) is 4.19. The van der Waals surface area contributed by atoms with Gasteiger partial charge in [0.05, 0.1) is 30.1 Å². The normalized spacial score (nSPS) is 10.5. The number of nitrogens with zero attached hydrogens (tertiary/aromatic N) is 5. The van der Waals surface area contributed by atoms with Gasteiger partial charge in [-0.2, -0.15) is 15.8 Å². The van der Waals surface area contributed by atoms with Crippen LogP contribution < -0.4 is 4.74 Å². The van der Waals surface area contributed by atoms with E-state index in [9.17, 15) is 10.5 Å². The third kappa shape index (κ3) is 4.75. The van der Waals surface area contributed by atoms with Gasteiger partial charge in [-0.25, -0.2) is 9.97 Å². The van der Waals surface area contributed by atoms with Crippen molar-refractivity contribution in [2.24, 2.45) is 0 Å². The van der Waals surface area contributed by atoms with Gasteiger partial charge in [0.15, 0.2) is 11.4 Å². The molecular weight excluding hydrogens is 374 g/mol. The Balaban J connectivity index is 1.98. The van der Waals surface area contributed by atoms with E-state index in [0.717, 1.165) is 16.9 Å². The first-order valence-corrected chi connectivity index (χ1v) is 8.89. The Morgan fingerprint density at radius 2 is 1.13 bits per heavy atom. The van der Waals surface area contributed by atoms with Crippen molar-refractivity contribution in [2.45, 2.75) is 0 Å². The van der Waals surface area contributed by atoms with Crippen LogP contribution in [0.25, 0.3) is 24.3 Å². The van der Waals surface area contributed by atoms with Crippen LogP contribution in [0.2, 0.25) is 0 Å². The zero-order chi connectivity index (χ0) is 21.3. The average molecular weight is 389 g/mol. The molecule has 142 valence electrons. The largest absolute Gasteiger partial charge is 0.497 e. The van der Waals surface area contributed by atoms with Crippen molar-refractivity contribution in [3.05, 3.63) is 88.0 Å². The molecule has 3 rings (SSSR count). The maximum absolute atomic E-state index is 9.28. The van der Waals surface area contributed by atoms with Crippen molar-refractivity contribution >= 4 is 24.3 Å². The van der Waals surface area contributed by atoms with Crippen molar-refractivity contribution in [2.75, 3.05) is 7.11 Å². The van der Waals surface area contributed by atoms with E-state index in [4.69, 9.17) is 10.00 Å². The number of hydrogen-bond donors (Lipinski definition) is 0. The lowest BCUT2D eigenvalue weighted by molar-refractivity contribution is 0.415. The molecule has 0 N–H and O–H groups in total. The van der Waals surface area contributed by atoms with E-state index in [1.54, 1.807) is 31.4 Å². The third-order valence-electron chi connectivity index (χ3n) is 4.19. The van der Waals surface area contributed by atoms with Crippen LogP contribution in [0.15, 0.2) is 48.5 Å². The highest BCUT2D eigenvalue weighted by atomic mass is 16.5. The van der Waals surface area contributed by atoms with E-state index in [0.29, 0.717) is 17.0 Å². The Kier molecular flexibility index (Phi) is 6.31. The van der Waals surface area contributed by atoms with Gasteiger partial charge in [-0.1, -0.05) is 36.4 Å². The summed E-state index contributed by atoms with van der Waals surface area (Å²) in [6.45, 7) is 0. The monoisotopic (exact) mass is 389 g/mol. The summed E-state index contributed by atoms with van der Waals surface area (Å²) in [7, 11) is 1.60. The van der Waals surface area contributed by atoms with Crippen LogP contribution in [0.3, 0.4) is 0 Å². The molecule has 1 heterocycles. The first kappa shape index (κ1) is 20.0. The zero-order valence-corrected chi connectivity index (χ0v) is 16.1. The van der Waals surface area contributed by atoms with Crippen molar-refractivity contribution in [3.63, 3.8) is 0 Å². The highest BCUT2D eigenvalue weighted by Gasteiger charge is 2.10. The number of methoxy groups -OCH3 is 1. The summed E-state index contributed by atoms with van der Waals surface area (Å²) in [5.41, 5.74) is 3.22. The molecule has 0 unspecified atom stereocenters. The lowest BCUT2D eigenvalue weighted by atomic mass is 10.1. The number of ether oxygens (including phenoxy) is 1. The SMILES string of the molecule is COc1ccc(/C=C/c2nc(C#N)c(C#N)nc2/C=C/c2ccc(C#N)cc2)cc1. The average Bonchev–Trinajstić information content (AvgIpc) is 2.81. The molecule has 0 atom stereocenters. The number of benzene rings is 2. The summed E-state index contributed by atoms with van der Waals surface area (Å²) in [6, 6.07) is 20.4. The van der Waals surface area contributed by atoms with Crippen LogP contribution in [-0.2, 0) is 0 Å². The Morgan fingerprint density at radius 3 is 1.53 bits per heavy atom. The Morgan fingerprint density at radius 1 is 0.667 bits per heavy atom. The molecule has 0 aliphatic rings. The second-order valence-corrected chi connectivity index (χ2v) is 6.09. The molecule has 0 spiro atoms. The minimum atomic E-state index is -0.0291. The fourth-order valence-corrected chi connectivity index (χ4v) is 2.60. The van der Waals surface area contributed by atoms with Crippen molar-refractivity contribution in [1.82, 2.24) is 9.97 Å². The van der Waals surface area contributed by atoms with Crippen LogP contribution in [-0.4, -0.2) is 17.1 Å². The predicted octanol–water partition coefficient (Wildman–Crippen LogP) is 4.44. The molecule has 1 aromatic heterocycles. The quantitative estimate of drug-likeness (QED) is 0.638. The molecule has 2 aromatic carbocycles. The van der Waals surface area contributed by atoms with Crippen molar-refractivity contribution in [3.8, 4) is 24.0 Å². The van der Waals surface area contributed by atoms with Crippen molar-refractivity contribution < 1.29 is 4.74 Å². The Hall–Kier alpha value is -4.73. The Labute approximate surface area is 174 Å². The molecule has 0 aliphatic carbocycles. The molecule has 30 heavy (non-hydrogen) atoms. The van der Waals surface area contributed by atoms with E-state index >= 15 is 0 Å². The smallest absolute Gasteiger partial charge is 0.177 e. The van der Waals surface area contributed by atoms with Crippen LogP contribution in [0.5, 0.6) is 5.75 Å². The van der Waals surface area contributed by atoms with Gasteiger partial charge < -0.3 is 4.74 Å². The summed E-state index contributed by atoms with van der Waals surface area (Å²) in [4.78, 5) is 8.59. The van der Waals surface area contributed by atoms with Crippen LogP contribution in [0, 0.1) is 34.0 Å². The molecule has 6 heteroatoms. The predicted molar refractivity (Wildman–Crippen MR) is 113 cm³/mol.